The zero-order valence-electron chi connectivity index (χ0n) is 10.8. The second-order valence-electron chi connectivity index (χ2n) is 4.98. The van der Waals surface area contributed by atoms with Crippen LogP contribution in [0.5, 0.6) is 0 Å². The molecule has 5 heteroatoms. The number of rotatable bonds is 2. The molecule has 2 aromatic rings. The van der Waals surface area contributed by atoms with E-state index < -0.39 is 0 Å². The van der Waals surface area contributed by atoms with Crippen molar-refractivity contribution in [2.24, 2.45) is 0 Å². The van der Waals surface area contributed by atoms with E-state index in [0.29, 0.717) is 11.4 Å². The monoisotopic (exact) mass is 261 g/mol. The number of halogens is 1. The minimum Gasteiger partial charge on any atom is -0.334 e. The number of hydrogen-bond acceptors (Lipinski definition) is 4. The molecule has 19 heavy (non-hydrogen) atoms. The van der Waals surface area contributed by atoms with Gasteiger partial charge in [0.1, 0.15) is 5.82 Å². The fourth-order valence-corrected chi connectivity index (χ4v) is 2.38. The lowest BCUT2D eigenvalue weighted by atomic mass is 9.99. The molecule has 4 nitrogen and oxygen atoms in total. The summed E-state index contributed by atoms with van der Waals surface area (Å²) >= 11 is 0. The molecule has 0 aliphatic carbocycles. The summed E-state index contributed by atoms with van der Waals surface area (Å²) in [6, 6.07) is 4.99. The van der Waals surface area contributed by atoms with E-state index in [1.807, 2.05) is 13.0 Å². The number of benzene rings is 1. The Morgan fingerprint density at radius 3 is 3.05 bits per heavy atom. The predicted molar refractivity (Wildman–Crippen MR) is 69.3 cm³/mol. The quantitative estimate of drug-likeness (QED) is 0.903. The Hall–Kier alpha value is -1.75. The molecule has 1 N–H and O–H groups in total. The molecule has 1 aromatic heterocycles. The Bertz CT molecular complexity index is 576. The summed E-state index contributed by atoms with van der Waals surface area (Å²) in [7, 11) is 0. The first-order valence-corrected chi connectivity index (χ1v) is 6.55. The first-order chi connectivity index (χ1) is 9.24. The van der Waals surface area contributed by atoms with Crippen molar-refractivity contribution in [2.75, 3.05) is 13.1 Å². The molecular weight excluding hydrogens is 245 g/mol. The van der Waals surface area contributed by atoms with Gasteiger partial charge in [-0.2, -0.15) is 4.98 Å². The van der Waals surface area contributed by atoms with E-state index in [1.54, 1.807) is 6.07 Å². The van der Waals surface area contributed by atoms with Crippen LogP contribution in [0.25, 0.3) is 11.5 Å². The molecule has 1 unspecified atom stereocenters. The van der Waals surface area contributed by atoms with Gasteiger partial charge in [-0.05, 0) is 44.0 Å². The highest BCUT2D eigenvalue weighted by atomic mass is 19.1. The van der Waals surface area contributed by atoms with E-state index >= 15 is 0 Å². The number of nitrogens with one attached hydrogen (secondary N) is 1. The van der Waals surface area contributed by atoms with Crippen LogP contribution >= 0.6 is 0 Å². The number of nitrogens with zero attached hydrogens (tertiary/aromatic N) is 2. The van der Waals surface area contributed by atoms with Crippen LogP contribution in [-0.2, 0) is 0 Å². The molecule has 1 aromatic carbocycles. The van der Waals surface area contributed by atoms with Gasteiger partial charge in [0.2, 0.25) is 0 Å². The molecule has 1 atom stereocenters. The number of hydrogen-bond donors (Lipinski definition) is 1. The van der Waals surface area contributed by atoms with Gasteiger partial charge in [-0.3, -0.25) is 0 Å². The highest BCUT2D eigenvalue weighted by Gasteiger charge is 2.22. The lowest BCUT2D eigenvalue weighted by Gasteiger charge is -2.19. The third-order valence-electron chi connectivity index (χ3n) is 3.46. The molecule has 1 aliphatic rings. The Kier molecular flexibility index (Phi) is 3.29. The fraction of sp³-hybridized carbons (Fsp3) is 0.429. The fourth-order valence-electron chi connectivity index (χ4n) is 2.38. The van der Waals surface area contributed by atoms with Crippen molar-refractivity contribution in [1.29, 1.82) is 0 Å². The molecule has 0 bridgehead atoms. The van der Waals surface area contributed by atoms with Crippen LogP contribution in [0.4, 0.5) is 4.39 Å². The lowest BCUT2D eigenvalue weighted by molar-refractivity contribution is 0.392. The third kappa shape index (κ3) is 2.51. The smallest absolute Gasteiger partial charge is 0.260 e. The predicted octanol–water partition coefficient (Wildman–Crippen LogP) is 2.65. The summed E-state index contributed by atoms with van der Waals surface area (Å²) in [5.41, 5.74) is 1.24. The third-order valence-corrected chi connectivity index (χ3v) is 3.46. The average molecular weight is 261 g/mol. The number of aryl methyl sites for hydroxylation is 1. The summed E-state index contributed by atoms with van der Waals surface area (Å²) < 4.78 is 19.0. The first-order valence-electron chi connectivity index (χ1n) is 6.55. The SMILES string of the molecule is Cc1ccc(-c2nc(C3CCCNC3)no2)c(F)c1. The molecule has 1 saturated heterocycles. The maximum atomic E-state index is 13.8. The van der Waals surface area contributed by atoms with Gasteiger partial charge in [-0.1, -0.05) is 11.2 Å². The second kappa shape index (κ2) is 5.09. The first kappa shape index (κ1) is 12.3. The van der Waals surface area contributed by atoms with E-state index in [4.69, 9.17) is 4.52 Å². The van der Waals surface area contributed by atoms with Crippen LogP contribution in [0, 0.1) is 12.7 Å². The van der Waals surface area contributed by atoms with Gasteiger partial charge in [-0.15, -0.1) is 0 Å². The maximum absolute atomic E-state index is 13.8. The number of piperidine rings is 1. The summed E-state index contributed by atoms with van der Waals surface area (Å²) in [4.78, 5) is 4.34. The van der Waals surface area contributed by atoms with Gasteiger partial charge in [0.05, 0.1) is 5.56 Å². The summed E-state index contributed by atoms with van der Waals surface area (Å²) in [5, 5.41) is 7.29. The molecule has 0 amide bonds. The summed E-state index contributed by atoms with van der Waals surface area (Å²) in [6.07, 6.45) is 2.15. The van der Waals surface area contributed by atoms with E-state index in [9.17, 15) is 4.39 Å². The van der Waals surface area contributed by atoms with Gasteiger partial charge in [0.25, 0.3) is 5.89 Å². The zero-order chi connectivity index (χ0) is 13.2. The van der Waals surface area contributed by atoms with Crippen molar-refractivity contribution in [2.45, 2.75) is 25.7 Å². The van der Waals surface area contributed by atoms with Crippen molar-refractivity contribution in [3.05, 3.63) is 35.4 Å². The highest BCUT2D eigenvalue weighted by molar-refractivity contribution is 5.54. The lowest BCUT2D eigenvalue weighted by Crippen LogP contribution is -2.28. The van der Waals surface area contributed by atoms with E-state index in [-0.39, 0.29) is 17.6 Å². The molecule has 0 saturated carbocycles. The van der Waals surface area contributed by atoms with Gasteiger partial charge in [-0.25, -0.2) is 4.39 Å². The van der Waals surface area contributed by atoms with Crippen molar-refractivity contribution in [3.8, 4) is 11.5 Å². The Balaban J connectivity index is 1.87. The Labute approximate surface area is 111 Å². The van der Waals surface area contributed by atoms with E-state index in [2.05, 4.69) is 15.5 Å². The normalized spacial score (nSPS) is 19.6. The van der Waals surface area contributed by atoms with Crippen LogP contribution in [-0.4, -0.2) is 23.2 Å². The van der Waals surface area contributed by atoms with Crippen molar-refractivity contribution in [3.63, 3.8) is 0 Å². The van der Waals surface area contributed by atoms with Gasteiger partial charge in [0, 0.05) is 12.5 Å². The largest absolute Gasteiger partial charge is 0.334 e. The van der Waals surface area contributed by atoms with Crippen LogP contribution in [0.2, 0.25) is 0 Å². The van der Waals surface area contributed by atoms with Gasteiger partial charge in [0.15, 0.2) is 5.82 Å². The topological polar surface area (TPSA) is 51.0 Å². The number of aromatic nitrogens is 2. The molecule has 2 heterocycles. The molecular formula is C14H16FN3O. The molecule has 0 radical (unpaired) electrons. The average Bonchev–Trinajstić information content (AvgIpc) is 2.89. The molecule has 100 valence electrons. The Morgan fingerprint density at radius 2 is 2.32 bits per heavy atom. The second-order valence-corrected chi connectivity index (χ2v) is 4.98. The molecule has 0 spiro atoms. The zero-order valence-corrected chi connectivity index (χ0v) is 10.8. The van der Waals surface area contributed by atoms with Crippen LogP contribution in [0.3, 0.4) is 0 Å². The standard InChI is InChI=1S/C14H16FN3O/c1-9-4-5-11(12(15)7-9)14-17-13(18-19-14)10-3-2-6-16-8-10/h4-5,7,10,16H,2-3,6,8H2,1H3. The minimum atomic E-state index is -0.322. The summed E-state index contributed by atoms with van der Waals surface area (Å²) in [5.74, 6) is 0.872. The molecule has 1 aliphatic heterocycles. The summed E-state index contributed by atoms with van der Waals surface area (Å²) in [6.45, 7) is 3.74. The van der Waals surface area contributed by atoms with Crippen molar-refractivity contribution < 1.29 is 8.91 Å². The van der Waals surface area contributed by atoms with Gasteiger partial charge >= 0.3 is 0 Å². The van der Waals surface area contributed by atoms with Crippen LogP contribution in [0.15, 0.2) is 22.7 Å². The molecule has 1 fully saturated rings. The van der Waals surface area contributed by atoms with Crippen LogP contribution < -0.4 is 5.32 Å². The van der Waals surface area contributed by atoms with Crippen molar-refractivity contribution >= 4 is 0 Å². The van der Waals surface area contributed by atoms with Gasteiger partial charge < -0.3 is 9.84 Å². The van der Waals surface area contributed by atoms with E-state index in [0.717, 1.165) is 31.5 Å². The van der Waals surface area contributed by atoms with Crippen LogP contribution in [0.1, 0.15) is 30.1 Å². The van der Waals surface area contributed by atoms with Crippen molar-refractivity contribution in [1.82, 2.24) is 15.5 Å². The minimum absolute atomic E-state index is 0.262. The Morgan fingerprint density at radius 1 is 1.42 bits per heavy atom. The van der Waals surface area contributed by atoms with E-state index in [1.165, 1.54) is 6.07 Å². The molecule has 3 rings (SSSR count). The maximum Gasteiger partial charge on any atom is 0.260 e. The highest BCUT2D eigenvalue weighted by Crippen LogP contribution is 2.26.